The molecule has 0 saturated carbocycles. The molecule has 8 aromatic rings. The van der Waals surface area contributed by atoms with Gasteiger partial charge in [0.25, 0.3) is 5.91 Å². The largest absolute Gasteiger partial charge is 0.338 e. The number of pyridine rings is 1. The molecule has 0 aliphatic rings. The molecule has 1 unspecified atom stereocenters. The summed E-state index contributed by atoms with van der Waals surface area (Å²) in [4.78, 5) is 38.4. The maximum atomic E-state index is 13.5. The van der Waals surface area contributed by atoms with Gasteiger partial charge in [-0.3, -0.25) is 19.6 Å². The van der Waals surface area contributed by atoms with Crippen molar-refractivity contribution in [3.05, 3.63) is 192 Å². The molecule has 2 N–H and O–H groups in total. The summed E-state index contributed by atoms with van der Waals surface area (Å²) in [5.41, 5.74) is 7.52. The molecule has 8 nitrogen and oxygen atoms in total. The van der Waals surface area contributed by atoms with E-state index in [0.717, 1.165) is 44.4 Å². The van der Waals surface area contributed by atoms with Gasteiger partial charge in [0.1, 0.15) is 5.94 Å². The van der Waals surface area contributed by atoms with Crippen molar-refractivity contribution in [3.8, 4) is 11.3 Å². The highest BCUT2D eigenvalue weighted by Gasteiger charge is 2.37. The number of hydrogen-bond acceptors (Lipinski definition) is 5. The van der Waals surface area contributed by atoms with Crippen LogP contribution in [-0.2, 0) is 16.8 Å². The SMILES string of the molecule is O=C=CC(NC(=O)c1nc2cc3c(-c4ccncc4)[nH]n(CC(c4ccccc4)(c4ccccc4)c4ccccc4)c3cc2n1)c1ccccc1. The molecule has 1 atom stereocenters. The van der Waals surface area contributed by atoms with Crippen LogP contribution >= 0.6 is 0 Å². The Balaban J connectivity index is 1.30. The fourth-order valence-corrected chi connectivity index (χ4v) is 6.98. The lowest BCUT2D eigenvalue weighted by Gasteiger charge is -2.36. The predicted molar refractivity (Wildman–Crippen MR) is 199 cm³/mol. The number of hydrogen-bond donors (Lipinski definition) is 2. The van der Waals surface area contributed by atoms with E-state index in [4.69, 9.17) is 4.98 Å². The smallest absolute Gasteiger partial charge is 0.289 e. The Morgan fingerprint density at radius 1 is 0.745 bits per heavy atom. The topological polar surface area (TPSA) is 106 Å². The fraction of sp³-hybridized carbons (Fsp3) is 0.0698. The maximum absolute atomic E-state index is 13.5. The Hall–Kier alpha value is -6.89. The van der Waals surface area contributed by atoms with Crippen LogP contribution in [0.15, 0.2) is 164 Å². The van der Waals surface area contributed by atoms with Crippen LogP contribution in [0.4, 0.5) is 0 Å². The van der Waals surface area contributed by atoms with Crippen LogP contribution in [0.3, 0.4) is 0 Å². The lowest BCUT2D eigenvalue weighted by Crippen LogP contribution is -2.35. The summed E-state index contributed by atoms with van der Waals surface area (Å²) in [5, 5.41) is 7.55. The molecule has 246 valence electrons. The van der Waals surface area contributed by atoms with Gasteiger partial charge in [-0.05, 0) is 46.5 Å². The highest BCUT2D eigenvalue weighted by atomic mass is 16.2. The van der Waals surface area contributed by atoms with Crippen molar-refractivity contribution in [1.82, 2.24) is 30.0 Å². The molecule has 3 aromatic heterocycles. The highest BCUT2D eigenvalue weighted by Crippen LogP contribution is 2.42. The Bertz CT molecular complexity index is 2390. The van der Waals surface area contributed by atoms with Crippen LogP contribution in [0.2, 0.25) is 0 Å². The van der Waals surface area contributed by atoms with Crippen LogP contribution in [0.25, 0.3) is 33.2 Å². The van der Waals surface area contributed by atoms with Crippen molar-refractivity contribution in [1.29, 1.82) is 0 Å². The molecule has 8 rings (SSSR count). The summed E-state index contributed by atoms with van der Waals surface area (Å²) in [5.74, 6) is 1.34. The predicted octanol–water partition coefficient (Wildman–Crippen LogP) is 7.87. The van der Waals surface area contributed by atoms with Crippen LogP contribution < -0.4 is 5.32 Å². The average Bonchev–Trinajstić information content (AvgIpc) is 3.78. The Morgan fingerprint density at radius 2 is 1.27 bits per heavy atom. The fourth-order valence-electron chi connectivity index (χ4n) is 6.98. The molecule has 0 aliphatic heterocycles. The number of amides is 1. The number of carbonyl (C=O) groups is 1. The first-order valence-electron chi connectivity index (χ1n) is 16.7. The van der Waals surface area contributed by atoms with Crippen molar-refractivity contribution >= 4 is 33.8 Å². The molecular formula is C43H32N6O2. The van der Waals surface area contributed by atoms with Gasteiger partial charge < -0.3 is 5.32 Å². The number of nitrogens with zero attached hydrogens (tertiary/aromatic N) is 4. The van der Waals surface area contributed by atoms with Gasteiger partial charge in [0.05, 0.1) is 40.2 Å². The van der Waals surface area contributed by atoms with Gasteiger partial charge in [-0.2, -0.15) is 0 Å². The number of aromatic nitrogens is 5. The average molecular weight is 665 g/mol. The Morgan fingerprint density at radius 3 is 1.82 bits per heavy atom. The minimum atomic E-state index is -0.670. The number of benzene rings is 5. The van der Waals surface area contributed by atoms with Crippen molar-refractivity contribution in [2.24, 2.45) is 0 Å². The molecule has 0 aliphatic carbocycles. The summed E-state index contributed by atoms with van der Waals surface area (Å²) in [7, 11) is 0. The minimum Gasteiger partial charge on any atom is -0.338 e. The van der Waals surface area contributed by atoms with Crippen molar-refractivity contribution in [2.75, 3.05) is 0 Å². The lowest BCUT2D eigenvalue weighted by molar-refractivity contribution is 0.0935. The van der Waals surface area contributed by atoms with E-state index in [2.05, 4.69) is 97.9 Å². The molecule has 0 radical (unpaired) electrons. The van der Waals surface area contributed by atoms with E-state index >= 15 is 0 Å². The molecule has 1 amide bonds. The number of aromatic amines is 1. The molecule has 51 heavy (non-hydrogen) atoms. The first-order valence-corrected chi connectivity index (χ1v) is 16.7. The second kappa shape index (κ2) is 13.6. The monoisotopic (exact) mass is 664 g/mol. The summed E-state index contributed by atoms with van der Waals surface area (Å²) in [6.45, 7) is 0.524. The number of carbonyl (C=O) groups excluding carboxylic acids is 2. The second-order valence-corrected chi connectivity index (χ2v) is 12.4. The third-order valence-electron chi connectivity index (χ3n) is 9.40. The minimum absolute atomic E-state index is 0.0195. The van der Waals surface area contributed by atoms with E-state index < -0.39 is 17.4 Å². The van der Waals surface area contributed by atoms with Gasteiger partial charge in [-0.15, -0.1) is 0 Å². The number of rotatable bonds is 10. The van der Waals surface area contributed by atoms with Crippen LogP contribution in [-0.4, -0.2) is 36.6 Å². The van der Waals surface area contributed by atoms with Gasteiger partial charge in [-0.1, -0.05) is 121 Å². The number of fused-ring (bicyclic) bond motifs is 2. The molecular weight excluding hydrogens is 633 g/mol. The number of nitrogens with one attached hydrogen (secondary N) is 2. The normalized spacial score (nSPS) is 12.0. The first-order chi connectivity index (χ1) is 25.1. The standard InChI is InChI=1S/C43H32N6O2/c50-26-23-36(30-13-5-1-6-14-30)47-42(51)41-45-37-27-35-39(28-38(37)46-41)49(48-40(35)31-21-24-44-25-22-31)29-43(32-15-7-2-8-16-32,33-17-9-3-10-18-33)34-19-11-4-12-20-34/h1-25,27-28,36,48H,29H2,(H,47,51). The highest BCUT2D eigenvalue weighted by molar-refractivity contribution is 6.03. The summed E-state index contributed by atoms with van der Waals surface area (Å²) < 4.78 is 2.17. The Labute approximate surface area is 294 Å². The zero-order valence-corrected chi connectivity index (χ0v) is 27.5. The molecule has 0 bridgehead atoms. The van der Waals surface area contributed by atoms with E-state index in [1.165, 1.54) is 6.08 Å². The van der Waals surface area contributed by atoms with E-state index in [-0.39, 0.29) is 5.82 Å². The third kappa shape index (κ3) is 5.90. The maximum Gasteiger partial charge on any atom is 0.289 e. The van der Waals surface area contributed by atoms with Gasteiger partial charge >= 0.3 is 0 Å². The van der Waals surface area contributed by atoms with Gasteiger partial charge in [0, 0.05) is 29.4 Å². The van der Waals surface area contributed by atoms with E-state index in [1.807, 2.05) is 78.7 Å². The molecule has 0 saturated heterocycles. The van der Waals surface area contributed by atoms with Crippen molar-refractivity contribution in [2.45, 2.75) is 18.0 Å². The van der Waals surface area contributed by atoms with E-state index in [9.17, 15) is 9.59 Å². The lowest BCUT2D eigenvalue weighted by atomic mass is 9.69. The molecule has 8 heteroatoms. The first kappa shape index (κ1) is 31.4. The van der Waals surface area contributed by atoms with Gasteiger partial charge in [0.15, 0.2) is 0 Å². The molecule has 0 spiro atoms. The second-order valence-electron chi connectivity index (χ2n) is 12.4. The molecule has 3 heterocycles. The number of imidazole rings is 1. The zero-order valence-electron chi connectivity index (χ0n) is 27.5. The Kier molecular flexibility index (Phi) is 8.34. The summed E-state index contributed by atoms with van der Waals surface area (Å²) in [6.07, 6.45) is 4.83. The van der Waals surface area contributed by atoms with Gasteiger partial charge in [-0.25, -0.2) is 14.8 Å². The van der Waals surface area contributed by atoms with Gasteiger partial charge in [0.2, 0.25) is 5.82 Å². The van der Waals surface area contributed by atoms with Crippen molar-refractivity contribution in [3.63, 3.8) is 0 Å². The third-order valence-corrected chi connectivity index (χ3v) is 9.40. The van der Waals surface area contributed by atoms with Crippen LogP contribution in [0.5, 0.6) is 0 Å². The quantitative estimate of drug-likeness (QED) is 0.114. The van der Waals surface area contributed by atoms with Crippen molar-refractivity contribution < 1.29 is 9.59 Å². The molecule has 0 fully saturated rings. The molecule has 5 aromatic carbocycles. The number of H-pyrrole nitrogens is 1. The van der Waals surface area contributed by atoms with Crippen LogP contribution in [0, 0.1) is 0 Å². The zero-order chi connectivity index (χ0) is 34.6. The van der Waals surface area contributed by atoms with E-state index in [0.29, 0.717) is 17.6 Å². The van der Waals surface area contributed by atoms with Crippen LogP contribution in [0.1, 0.15) is 38.9 Å². The summed E-state index contributed by atoms with van der Waals surface area (Å²) in [6, 6.07) is 48.2. The summed E-state index contributed by atoms with van der Waals surface area (Å²) >= 11 is 0. The van der Waals surface area contributed by atoms with E-state index in [1.54, 1.807) is 12.4 Å².